The Morgan fingerprint density at radius 1 is 0.667 bits per heavy atom. The molecule has 0 N–H and O–H groups in total. The standard InChI is InChI=1S/C16H20Cl2/c17-7-13-5-15(9(13)1-2-10(13)15)16-6-14(8-18)11(16)3-4-12(14)16/h9-12H,1-8H2/t9-,10+,11-,12+,13?,14?,15?,16?. The number of hydrogen-bond acceptors (Lipinski definition) is 0. The summed E-state index contributed by atoms with van der Waals surface area (Å²) in [6, 6.07) is 0. The molecule has 10 fully saturated rings. The Balaban J connectivity index is 1.44. The molecule has 0 amide bonds. The van der Waals surface area contributed by atoms with Crippen molar-refractivity contribution >= 4 is 23.2 Å². The summed E-state index contributed by atoms with van der Waals surface area (Å²) in [6.07, 6.45) is 9.03. The van der Waals surface area contributed by atoms with Crippen molar-refractivity contribution in [1.82, 2.24) is 0 Å². The van der Waals surface area contributed by atoms with Crippen LogP contribution in [0.3, 0.4) is 0 Å². The number of hydrogen-bond donors (Lipinski definition) is 0. The van der Waals surface area contributed by atoms with Crippen molar-refractivity contribution in [3.05, 3.63) is 0 Å². The Morgan fingerprint density at radius 2 is 1.00 bits per heavy atom. The number of fused-ring (bicyclic) bond motifs is 2. The molecule has 8 atom stereocenters. The van der Waals surface area contributed by atoms with E-state index in [9.17, 15) is 0 Å². The summed E-state index contributed by atoms with van der Waals surface area (Å²) in [5, 5.41) is 0. The average molecular weight is 283 g/mol. The first-order chi connectivity index (χ1) is 8.73. The highest BCUT2D eigenvalue weighted by atomic mass is 35.5. The Morgan fingerprint density at radius 3 is 1.28 bits per heavy atom. The Labute approximate surface area is 119 Å². The predicted octanol–water partition coefficient (Wildman–Crippen LogP) is 4.30. The van der Waals surface area contributed by atoms with Crippen LogP contribution in [-0.4, -0.2) is 11.8 Å². The number of rotatable bonds is 3. The Kier molecular flexibility index (Phi) is 1.40. The van der Waals surface area contributed by atoms with Gasteiger partial charge in [0.2, 0.25) is 0 Å². The topological polar surface area (TPSA) is 0 Å². The monoisotopic (exact) mass is 282 g/mol. The molecule has 10 aliphatic rings. The van der Waals surface area contributed by atoms with Crippen molar-refractivity contribution in [1.29, 1.82) is 0 Å². The zero-order valence-electron chi connectivity index (χ0n) is 10.7. The van der Waals surface area contributed by atoms with Gasteiger partial charge in [0, 0.05) is 11.8 Å². The van der Waals surface area contributed by atoms with Gasteiger partial charge in [0.05, 0.1) is 0 Å². The van der Waals surface area contributed by atoms with Gasteiger partial charge < -0.3 is 0 Å². The predicted molar refractivity (Wildman–Crippen MR) is 72.8 cm³/mol. The minimum absolute atomic E-state index is 0.630. The lowest BCUT2D eigenvalue weighted by molar-refractivity contribution is -0.464. The molecule has 0 spiro atoms. The molecular formula is C16H20Cl2. The van der Waals surface area contributed by atoms with E-state index in [0.717, 1.165) is 46.3 Å². The summed E-state index contributed by atoms with van der Waals surface area (Å²) in [6.45, 7) is 0. The van der Waals surface area contributed by atoms with Gasteiger partial charge in [-0.2, -0.15) is 0 Å². The molecule has 10 rings (SSSR count). The lowest BCUT2D eigenvalue weighted by Gasteiger charge is -2.94. The van der Waals surface area contributed by atoms with E-state index in [2.05, 4.69) is 0 Å². The minimum Gasteiger partial charge on any atom is -0.126 e. The van der Waals surface area contributed by atoms with Crippen LogP contribution in [0.2, 0.25) is 0 Å². The lowest BCUT2D eigenvalue weighted by Crippen LogP contribution is -2.90. The molecule has 0 nitrogen and oxygen atoms in total. The van der Waals surface area contributed by atoms with E-state index in [1.807, 2.05) is 0 Å². The molecule has 4 unspecified atom stereocenters. The van der Waals surface area contributed by atoms with E-state index in [-0.39, 0.29) is 0 Å². The molecule has 0 aliphatic heterocycles. The van der Waals surface area contributed by atoms with Crippen LogP contribution >= 0.6 is 23.2 Å². The van der Waals surface area contributed by atoms with Crippen LogP contribution in [0, 0.1) is 45.3 Å². The highest BCUT2D eigenvalue weighted by Gasteiger charge is 2.99. The first-order valence-electron chi connectivity index (χ1n) is 7.85. The third-order valence-electron chi connectivity index (χ3n) is 9.36. The lowest BCUT2D eigenvalue weighted by atomic mass is 9.10. The summed E-state index contributed by atoms with van der Waals surface area (Å²) in [4.78, 5) is 0. The smallest absolute Gasteiger partial charge is 0.0285 e. The van der Waals surface area contributed by atoms with Gasteiger partial charge in [-0.1, -0.05) is 0 Å². The molecule has 0 radical (unpaired) electrons. The van der Waals surface area contributed by atoms with Gasteiger partial charge in [0.1, 0.15) is 0 Å². The van der Waals surface area contributed by atoms with E-state index in [0.29, 0.717) is 10.8 Å². The van der Waals surface area contributed by atoms with Crippen LogP contribution < -0.4 is 0 Å². The van der Waals surface area contributed by atoms with E-state index >= 15 is 0 Å². The fraction of sp³-hybridized carbons (Fsp3) is 1.00. The molecule has 10 aliphatic carbocycles. The molecule has 0 aromatic carbocycles. The third-order valence-corrected chi connectivity index (χ3v) is 10.4. The van der Waals surface area contributed by atoms with E-state index in [1.165, 1.54) is 38.5 Å². The number of alkyl halides is 2. The van der Waals surface area contributed by atoms with Gasteiger partial charge >= 0.3 is 0 Å². The molecule has 98 valence electrons. The zero-order valence-corrected chi connectivity index (χ0v) is 12.2. The summed E-state index contributed by atoms with van der Waals surface area (Å²) < 4.78 is 0. The van der Waals surface area contributed by atoms with Crippen molar-refractivity contribution in [2.24, 2.45) is 45.3 Å². The van der Waals surface area contributed by atoms with E-state index in [1.54, 1.807) is 0 Å². The van der Waals surface area contributed by atoms with Crippen LogP contribution in [-0.2, 0) is 0 Å². The van der Waals surface area contributed by atoms with Crippen LogP contribution in [0.1, 0.15) is 38.5 Å². The van der Waals surface area contributed by atoms with Gasteiger partial charge in [-0.05, 0) is 83.9 Å². The zero-order chi connectivity index (χ0) is 12.0. The average Bonchev–Trinajstić information content (AvgIpc) is 2.98. The number of halogens is 2. The van der Waals surface area contributed by atoms with Gasteiger partial charge in [0.25, 0.3) is 0 Å². The first kappa shape index (κ1) is 10.3. The fourth-order valence-electron chi connectivity index (χ4n) is 9.32. The van der Waals surface area contributed by atoms with Gasteiger partial charge in [-0.15, -0.1) is 23.2 Å². The summed E-state index contributed by atoms with van der Waals surface area (Å²) in [5.41, 5.74) is 2.85. The largest absolute Gasteiger partial charge is 0.126 e. The Hall–Kier alpha value is 0.580. The molecule has 2 heteroatoms. The second-order valence-electron chi connectivity index (χ2n) is 8.53. The molecule has 8 bridgehead atoms. The highest BCUT2D eigenvalue weighted by molar-refractivity contribution is 6.19. The van der Waals surface area contributed by atoms with Crippen molar-refractivity contribution in [3.63, 3.8) is 0 Å². The van der Waals surface area contributed by atoms with Crippen molar-refractivity contribution in [3.8, 4) is 0 Å². The van der Waals surface area contributed by atoms with Crippen molar-refractivity contribution in [2.45, 2.75) is 38.5 Å². The van der Waals surface area contributed by atoms with Gasteiger partial charge in [-0.3, -0.25) is 0 Å². The molecule has 10 saturated carbocycles. The van der Waals surface area contributed by atoms with Crippen molar-refractivity contribution in [2.75, 3.05) is 11.8 Å². The normalized spacial score (nSPS) is 76.3. The van der Waals surface area contributed by atoms with Gasteiger partial charge in [0.15, 0.2) is 0 Å². The first-order valence-corrected chi connectivity index (χ1v) is 8.92. The van der Waals surface area contributed by atoms with Crippen molar-refractivity contribution < 1.29 is 0 Å². The SMILES string of the molecule is ClCC12CC3(C45CC6(CCl)[C@H]4CC[C@@H]65)[C@@H]1CC[C@@H]23. The Bertz CT molecular complexity index is 413. The molecule has 0 heterocycles. The molecular weight excluding hydrogens is 263 g/mol. The maximum atomic E-state index is 6.32. The molecule has 0 aromatic rings. The van der Waals surface area contributed by atoms with Crippen LogP contribution in [0.5, 0.6) is 0 Å². The maximum absolute atomic E-state index is 6.32. The summed E-state index contributed by atoms with van der Waals surface area (Å²) in [7, 11) is 0. The van der Waals surface area contributed by atoms with Crippen LogP contribution in [0.4, 0.5) is 0 Å². The van der Waals surface area contributed by atoms with Crippen LogP contribution in [0.15, 0.2) is 0 Å². The minimum atomic E-state index is 0.630. The van der Waals surface area contributed by atoms with Crippen LogP contribution in [0.25, 0.3) is 0 Å². The van der Waals surface area contributed by atoms with Gasteiger partial charge in [-0.25, -0.2) is 0 Å². The second-order valence-corrected chi connectivity index (χ2v) is 9.07. The van der Waals surface area contributed by atoms with E-state index < -0.39 is 0 Å². The third kappa shape index (κ3) is 0.550. The fourth-order valence-corrected chi connectivity index (χ4v) is 10.3. The highest BCUT2D eigenvalue weighted by Crippen LogP contribution is 3.03. The summed E-state index contributed by atoms with van der Waals surface area (Å²) >= 11 is 12.6. The molecule has 0 saturated heterocycles. The molecule has 0 aromatic heterocycles. The second kappa shape index (κ2) is 2.43. The van der Waals surface area contributed by atoms with E-state index in [4.69, 9.17) is 23.2 Å². The molecule has 18 heavy (non-hydrogen) atoms. The quantitative estimate of drug-likeness (QED) is 0.678. The maximum Gasteiger partial charge on any atom is 0.0285 e. The summed E-state index contributed by atoms with van der Waals surface area (Å²) in [5.74, 6) is 6.04.